The van der Waals surface area contributed by atoms with Crippen molar-refractivity contribution < 1.29 is 34.0 Å². The molecule has 5 heterocycles. The van der Waals surface area contributed by atoms with Gasteiger partial charge in [-0.2, -0.15) is 0 Å². The number of allylic oxidation sites excluding steroid dienone is 1. The highest BCUT2D eigenvalue weighted by Gasteiger charge is 2.46. The summed E-state index contributed by atoms with van der Waals surface area (Å²) in [6.45, 7) is 8.89. The number of ether oxygens (including phenoxy) is 4. The van der Waals surface area contributed by atoms with Crippen molar-refractivity contribution in [3.8, 4) is 0 Å². The van der Waals surface area contributed by atoms with Crippen LogP contribution in [0.5, 0.6) is 0 Å². The maximum atomic E-state index is 12.8. The van der Waals surface area contributed by atoms with Crippen molar-refractivity contribution in [3.05, 3.63) is 82.4 Å². The zero-order valence-corrected chi connectivity index (χ0v) is 26.4. The first-order chi connectivity index (χ1) is 21.2. The molecule has 8 nitrogen and oxygen atoms in total. The zero-order valence-electron chi connectivity index (χ0n) is 25.6. The summed E-state index contributed by atoms with van der Waals surface area (Å²) in [6.07, 6.45) is 17.7. The van der Waals surface area contributed by atoms with Gasteiger partial charge >= 0.3 is 5.97 Å². The standard InChI is InChI=1S/C35H45NO7S/c1-22-14-15-40-28(17-22)12-13-30(37)32-20-33-35(43-33)31(38)18-23(2)16-25(10-11-26-21-44-24(3)36-26)19-29-8-4-6-27(41-29)7-5-9-34(39)42-32/h4-6,9-14,21,25,27-33,35,37-38H,2,7-8,15-20H2,1,3H3/b9-5-,11-10+,13-12+/t25?,27-,28+,29-,30-,31-,32-,33-,35-/m0/s1. The van der Waals surface area contributed by atoms with E-state index in [0.29, 0.717) is 25.9 Å². The first-order valence-corrected chi connectivity index (χ1v) is 16.5. The van der Waals surface area contributed by atoms with E-state index in [1.54, 1.807) is 23.5 Å². The fourth-order valence-electron chi connectivity index (χ4n) is 6.06. The minimum absolute atomic E-state index is 0.0173. The van der Waals surface area contributed by atoms with Crippen LogP contribution in [0.25, 0.3) is 6.08 Å². The number of aliphatic hydroxyl groups is 2. The second-order valence-corrected chi connectivity index (χ2v) is 13.4. The van der Waals surface area contributed by atoms with E-state index >= 15 is 0 Å². The van der Waals surface area contributed by atoms with Crippen LogP contribution < -0.4 is 0 Å². The van der Waals surface area contributed by atoms with E-state index in [0.717, 1.165) is 35.5 Å². The summed E-state index contributed by atoms with van der Waals surface area (Å²) in [5, 5.41) is 25.1. The van der Waals surface area contributed by atoms with Gasteiger partial charge < -0.3 is 29.2 Å². The van der Waals surface area contributed by atoms with Crippen LogP contribution in [0.15, 0.2) is 71.7 Å². The van der Waals surface area contributed by atoms with Crippen LogP contribution in [0.4, 0.5) is 0 Å². The third-order valence-corrected chi connectivity index (χ3v) is 9.22. The summed E-state index contributed by atoms with van der Waals surface area (Å²) in [7, 11) is 0. The van der Waals surface area contributed by atoms with Crippen molar-refractivity contribution in [1.29, 1.82) is 0 Å². The number of fused-ring (bicyclic) bond motifs is 3. The predicted octanol–water partition coefficient (Wildman–Crippen LogP) is 5.56. The maximum Gasteiger partial charge on any atom is 0.330 e. The fraction of sp³-hybridized carbons (Fsp3) is 0.543. The average molecular weight is 624 g/mol. The topological polar surface area (TPSA) is 111 Å². The number of aromatic nitrogens is 1. The molecule has 0 aliphatic carbocycles. The van der Waals surface area contributed by atoms with Gasteiger partial charge in [0.1, 0.15) is 18.3 Å². The normalized spacial score (nSPS) is 35.4. The maximum absolute atomic E-state index is 12.8. The van der Waals surface area contributed by atoms with Crippen LogP contribution in [0, 0.1) is 12.8 Å². The molecule has 1 aromatic heterocycles. The first-order valence-electron chi connectivity index (χ1n) is 15.6. The van der Waals surface area contributed by atoms with Crippen LogP contribution in [0.3, 0.4) is 0 Å². The van der Waals surface area contributed by atoms with E-state index in [-0.39, 0.29) is 36.8 Å². The third kappa shape index (κ3) is 9.92. The van der Waals surface area contributed by atoms with Gasteiger partial charge in [-0.05, 0) is 64.4 Å². The van der Waals surface area contributed by atoms with Crippen molar-refractivity contribution in [2.75, 3.05) is 6.61 Å². The van der Waals surface area contributed by atoms with Crippen molar-refractivity contribution in [2.24, 2.45) is 5.92 Å². The summed E-state index contributed by atoms with van der Waals surface area (Å²) in [4.78, 5) is 17.4. The molecule has 1 saturated heterocycles. The van der Waals surface area contributed by atoms with E-state index in [2.05, 4.69) is 36.7 Å². The Morgan fingerprint density at radius 1 is 1.11 bits per heavy atom. The number of cyclic esters (lactones) is 1. The molecule has 0 amide bonds. The van der Waals surface area contributed by atoms with Crippen molar-refractivity contribution >= 4 is 23.4 Å². The van der Waals surface area contributed by atoms with Crippen molar-refractivity contribution in [1.82, 2.24) is 4.98 Å². The van der Waals surface area contributed by atoms with E-state index < -0.39 is 30.4 Å². The molecule has 0 spiro atoms. The quantitative estimate of drug-likeness (QED) is 0.249. The van der Waals surface area contributed by atoms with Crippen LogP contribution in [-0.2, 0) is 23.7 Å². The highest BCUT2D eigenvalue weighted by Crippen LogP contribution is 2.35. The largest absolute Gasteiger partial charge is 0.456 e. The number of epoxide rings is 1. The molecular weight excluding hydrogens is 578 g/mol. The molecule has 0 aromatic carbocycles. The van der Waals surface area contributed by atoms with Crippen LogP contribution in [0.1, 0.15) is 62.6 Å². The van der Waals surface area contributed by atoms with E-state index in [1.165, 1.54) is 11.6 Å². The van der Waals surface area contributed by atoms with E-state index in [1.807, 2.05) is 30.5 Å². The molecule has 44 heavy (non-hydrogen) atoms. The number of carbonyl (C=O) groups is 1. The Bertz CT molecular complexity index is 1300. The minimum Gasteiger partial charge on any atom is -0.456 e. The fourth-order valence-corrected chi connectivity index (χ4v) is 6.64. The van der Waals surface area contributed by atoms with Crippen LogP contribution >= 0.6 is 11.3 Å². The zero-order chi connectivity index (χ0) is 31.1. The Kier molecular flexibility index (Phi) is 11.6. The lowest BCUT2D eigenvalue weighted by atomic mass is 9.89. The summed E-state index contributed by atoms with van der Waals surface area (Å²) >= 11 is 1.63. The molecule has 238 valence electrons. The molecule has 4 aliphatic rings. The number of hydrogen-bond donors (Lipinski definition) is 2. The molecule has 9 atom stereocenters. The lowest BCUT2D eigenvalue weighted by Gasteiger charge is -2.28. The predicted molar refractivity (Wildman–Crippen MR) is 171 cm³/mol. The minimum atomic E-state index is -1.05. The second-order valence-electron chi connectivity index (χ2n) is 12.3. The van der Waals surface area contributed by atoms with Gasteiger partial charge in [-0.25, -0.2) is 9.78 Å². The average Bonchev–Trinajstić information content (AvgIpc) is 3.64. The van der Waals surface area contributed by atoms with Crippen molar-refractivity contribution in [2.45, 2.75) is 108 Å². The van der Waals surface area contributed by atoms with Gasteiger partial charge in [-0.1, -0.05) is 60.3 Å². The Balaban J connectivity index is 1.29. The van der Waals surface area contributed by atoms with E-state index in [4.69, 9.17) is 18.9 Å². The number of nitrogens with zero attached hydrogens (tertiary/aromatic N) is 1. The van der Waals surface area contributed by atoms with Gasteiger partial charge in [0.05, 0.1) is 47.8 Å². The molecule has 0 saturated carbocycles. The molecule has 1 aromatic rings. The Labute approximate surface area is 264 Å². The summed E-state index contributed by atoms with van der Waals surface area (Å²) in [5.41, 5.74) is 3.11. The van der Waals surface area contributed by atoms with Gasteiger partial charge in [0.25, 0.3) is 0 Å². The Hall–Kier alpha value is -2.66. The molecule has 2 bridgehead atoms. The lowest BCUT2D eigenvalue weighted by molar-refractivity contribution is -0.148. The third-order valence-electron chi connectivity index (χ3n) is 8.43. The molecule has 5 rings (SSSR count). The molecule has 0 radical (unpaired) electrons. The lowest BCUT2D eigenvalue weighted by Crippen LogP contribution is -2.32. The highest BCUT2D eigenvalue weighted by molar-refractivity contribution is 7.09. The number of thiazole rings is 1. The summed E-state index contributed by atoms with van der Waals surface area (Å²) < 4.78 is 23.7. The number of aryl methyl sites for hydroxylation is 1. The molecule has 1 unspecified atom stereocenters. The number of aliphatic hydroxyl groups excluding tert-OH is 2. The van der Waals surface area contributed by atoms with Gasteiger partial charge in [0.15, 0.2) is 0 Å². The second kappa shape index (κ2) is 15.6. The molecule has 2 N–H and O–H groups in total. The van der Waals surface area contributed by atoms with Crippen molar-refractivity contribution in [3.63, 3.8) is 0 Å². The Morgan fingerprint density at radius 3 is 2.77 bits per heavy atom. The Morgan fingerprint density at radius 2 is 1.98 bits per heavy atom. The van der Waals surface area contributed by atoms with Gasteiger partial charge in [-0.15, -0.1) is 11.3 Å². The molecular formula is C35H45NO7S. The summed E-state index contributed by atoms with van der Waals surface area (Å²) in [6, 6.07) is 0. The van der Waals surface area contributed by atoms with Gasteiger partial charge in [-0.3, -0.25) is 0 Å². The van der Waals surface area contributed by atoms with E-state index in [9.17, 15) is 15.0 Å². The van der Waals surface area contributed by atoms with Crippen LogP contribution in [0.2, 0.25) is 0 Å². The number of carbonyl (C=O) groups excluding carboxylic acids is 1. The number of rotatable bonds is 5. The highest BCUT2D eigenvalue weighted by atomic mass is 32.1. The molecule has 4 aliphatic heterocycles. The molecule has 9 heteroatoms. The SMILES string of the molecule is C=C1CC(/C=C/c2csc(C)n2)C[C@@H]2CC=C[C@@H](C/C=C\C(=O)O[C@H]([C@@H](O)/C=C/[C@@H]3CC(C)=CCO3)C[C@@H]3O[C@H]3[C@@H](O)C1)O2. The van der Waals surface area contributed by atoms with Crippen LogP contribution in [-0.4, -0.2) is 76.6 Å². The smallest absolute Gasteiger partial charge is 0.330 e. The monoisotopic (exact) mass is 623 g/mol. The van der Waals surface area contributed by atoms with Gasteiger partial charge in [0, 0.05) is 17.9 Å². The summed E-state index contributed by atoms with van der Waals surface area (Å²) in [5.74, 6) is -0.380. The molecule has 1 fully saturated rings. The number of hydrogen-bond acceptors (Lipinski definition) is 9. The van der Waals surface area contributed by atoms with Gasteiger partial charge in [0.2, 0.25) is 0 Å². The number of esters is 1. The first kappa shape index (κ1) is 32.7.